The molecular weight excluding hydrogens is 1660 g/mol. The van der Waals surface area contributed by atoms with Crippen molar-refractivity contribution in [2.24, 2.45) is 0 Å². The summed E-state index contributed by atoms with van der Waals surface area (Å²) in [6.07, 6.45) is 20.9. The Balaban J connectivity index is 0.000000143. The third kappa shape index (κ3) is 23.4. The van der Waals surface area contributed by atoms with Crippen LogP contribution in [0.4, 0.5) is 90.7 Å². The molecule has 4 aliphatic rings. The summed E-state index contributed by atoms with van der Waals surface area (Å²) in [5.74, 6) is 1.32. The van der Waals surface area contributed by atoms with Gasteiger partial charge < -0.3 is 60.5 Å². The van der Waals surface area contributed by atoms with E-state index in [0.717, 1.165) is 182 Å². The summed E-state index contributed by atoms with van der Waals surface area (Å²) in [6, 6.07) is 39.7. The number of amides is 4. The molecule has 32 heteroatoms. The van der Waals surface area contributed by atoms with Gasteiger partial charge in [0, 0.05) is 201 Å². The summed E-state index contributed by atoms with van der Waals surface area (Å²) in [5, 5.41) is 11.6. The van der Waals surface area contributed by atoms with E-state index in [0.29, 0.717) is 60.5 Å². The number of anilines is 12. The molecule has 0 radical (unpaired) electrons. The molecule has 16 rings (SSSR count). The first-order valence-electron chi connectivity index (χ1n) is 41.3. The van der Waals surface area contributed by atoms with Crippen LogP contribution in [0.5, 0.6) is 0 Å². The molecule has 12 aromatic rings. The van der Waals surface area contributed by atoms with Gasteiger partial charge in [-0.15, -0.1) is 0 Å². The monoisotopic (exact) mass is 1760 g/mol. The van der Waals surface area contributed by atoms with E-state index in [1.165, 1.54) is 12.5 Å². The summed E-state index contributed by atoms with van der Waals surface area (Å²) in [4.78, 5) is 111. The van der Waals surface area contributed by atoms with Crippen molar-refractivity contribution in [3.05, 3.63) is 299 Å². The zero-order chi connectivity index (χ0) is 88.1. The molecule has 0 unspecified atom stereocenters. The Morgan fingerprint density at radius 1 is 0.336 bits per heavy atom. The molecule has 11 heterocycles. The fourth-order valence-electron chi connectivity index (χ4n) is 14.7. The average molecular weight is 1760 g/mol. The van der Waals surface area contributed by atoms with Gasteiger partial charge in [-0.25, -0.2) is 28.7 Å². The Hall–Kier alpha value is -13.7. The predicted molar refractivity (Wildman–Crippen MR) is 484 cm³/mol. The van der Waals surface area contributed by atoms with E-state index >= 15 is 0 Å². The van der Waals surface area contributed by atoms with Crippen molar-refractivity contribution >= 4 is 108 Å². The third-order valence-corrected chi connectivity index (χ3v) is 22.3. The van der Waals surface area contributed by atoms with Gasteiger partial charge in [-0.1, -0.05) is 81.7 Å². The molecule has 0 bridgehead atoms. The minimum absolute atomic E-state index is 0.0537. The summed E-state index contributed by atoms with van der Waals surface area (Å²) < 4.78 is 69.2. The highest BCUT2D eigenvalue weighted by Crippen LogP contribution is 2.39. The molecule has 0 saturated carbocycles. The summed E-state index contributed by atoms with van der Waals surface area (Å²) >= 11 is 3.54. The van der Waals surface area contributed by atoms with E-state index in [1.807, 2.05) is 66.9 Å². The van der Waals surface area contributed by atoms with Gasteiger partial charge in [0.15, 0.2) is 0 Å². The number of carbonyl (C=O) groups excluding carboxylic acids is 4. The summed E-state index contributed by atoms with van der Waals surface area (Å²) in [7, 11) is 0. The van der Waals surface area contributed by atoms with Gasteiger partial charge in [0.1, 0.15) is 34.9 Å². The number of benzene rings is 5. The van der Waals surface area contributed by atoms with Crippen LogP contribution >= 0.6 is 15.9 Å². The number of nitrogens with zero attached hydrogens (tertiary/aromatic N) is 18. The number of halogens is 6. The zero-order valence-electron chi connectivity index (χ0n) is 70.4. The Morgan fingerprint density at radius 3 is 1.02 bits per heavy atom. The van der Waals surface area contributed by atoms with Gasteiger partial charge in [0.05, 0.1) is 86.3 Å². The van der Waals surface area contributed by atoms with E-state index in [-0.39, 0.29) is 28.9 Å². The third-order valence-electron chi connectivity index (χ3n) is 21.9. The highest BCUT2D eigenvalue weighted by atomic mass is 79.9. The minimum Gasteiger partial charge on any atom is -0.366 e. The lowest BCUT2D eigenvalue weighted by atomic mass is 10.0. The van der Waals surface area contributed by atoms with Crippen LogP contribution in [-0.4, -0.2) is 178 Å². The maximum Gasteiger partial charge on any atom is 0.417 e. The highest BCUT2D eigenvalue weighted by Gasteiger charge is 2.36. The normalized spacial score (nSPS) is 14.1. The first kappa shape index (κ1) is 89.1. The second-order valence-corrected chi connectivity index (χ2v) is 31.9. The van der Waals surface area contributed by atoms with Gasteiger partial charge in [0.2, 0.25) is 0 Å². The first-order valence-corrected chi connectivity index (χ1v) is 42.1. The van der Waals surface area contributed by atoms with Gasteiger partial charge in [-0.05, 0) is 151 Å². The molecule has 4 amide bonds. The topological polar surface area (TPSA) is 271 Å². The van der Waals surface area contributed by atoms with Gasteiger partial charge in [0.25, 0.3) is 23.6 Å². The van der Waals surface area contributed by atoms with Crippen LogP contribution < -0.4 is 60.5 Å². The van der Waals surface area contributed by atoms with E-state index in [1.54, 1.807) is 111 Å². The number of carbonyl (C=O) groups is 4. The van der Waals surface area contributed by atoms with Crippen molar-refractivity contribution in [1.29, 1.82) is 0 Å². The van der Waals surface area contributed by atoms with E-state index in [9.17, 15) is 41.1 Å². The number of hydrogen-bond donors (Lipinski definition) is 4. The lowest BCUT2D eigenvalue weighted by molar-refractivity contribution is -0.138. The van der Waals surface area contributed by atoms with Crippen LogP contribution in [0.15, 0.2) is 237 Å². The maximum absolute atomic E-state index is 14.0. The number of rotatable bonds is 19. The van der Waals surface area contributed by atoms with E-state index in [2.05, 4.69) is 192 Å². The minimum atomic E-state index is -4.66. The lowest BCUT2D eigenvalue weighted by Crippen LogP contribution is -2.47. The van der Waals surface area contributed by atoms with Crippen molar-refractivity contribution in [3.63, 3.8) is 0 Å². The highest BCUT2D eigenvalue weighted by molar-refractivity contribution is 9.10. The van der Waals surface area contributed by atoms with Crippen LogP contribution in [-0.2, 0) is 6.18 Å². The smallest absolute Gasteiger partial charge is 0.366 e. The quantitative estimate of drug-likeness (QED) is 0.0548. The van der Waals surface area contributed by atoms with Crippen LogP contribution in [0, 0.1) is 18.6 Å². The van der Waals surface area contributed by atoms with Crippen molar-refractivity contribution < 1.29 is 41.1 Å². The molecule has 0 spiro atoms. The van der Waals surface area contributed by atoms with Gasteiger partial charge in [-0.3, -0.25) is 49.1 Å². The second kappa shape index (κ2) is 42.0. The van der Waals surface area contributed by atoms with Crippen LogP contribution in [0.25, 0.3) is 0 Å². The molecule has 0 aliphatic carbocycles. The fourth-order valence-corrected chi connectivity index (χ4v) is 15.0. The standard InChI is InChI=1S/C25H27F2N5O.C24H25F3N6O.C24H27N5O.C20H19BrN6O/c1-16(2)18-4-5-22(30-25(33)19-12-20(26)17(3)21(27)13-19)23(14-18)31-8-10-32(11-9-31)24-15-28-6-7-29-24;1-16(2)17-3-4-20(31-23(34)18-14-28-6-5-19(18)24(25,26)27)21(13-17)32-9-11-33(12-10-32)22-15-29-7-8-30-22;1-18(2)19-8-9-21(27-24(30)20-6-5-10-25-17-20)22(16-19)28-12-14-29(15-13-28)23-7-3-4-11-26-23;21-16-3-4-17(25-20(28)15-2-1-5-22-13-15)18(12-16)26-8-10-27(11-9-26)19-14-23-6-7-24-19/h4-7,12-16H,8-11H2,1-3H3,(H,30,33);3-8,13-16H,9-12H2,1-2H3,(H,31,34);3-11,16-18H,12-15H2,1-2H3,(H,27,30);1-7,12-14H,8-11H2,(H,25,28). The largest absolute Gasteiger partial charge is 0.417 e. The fraction of sp³-hybridized carbons (Fsp3) is 0.290. The van der Waals surface area contributed by atoms with Crippen molar-refractivity contribution in [1.82, 2.24) is 49.8 Å². The molecule has 26 nitrogen and oxygen atoms in total. The maximum atomic E-state index is 14.0. The van der Waals surface area contributed by atoms with Gasteiger partial charge >= 0.3 is 6.18 Å². The van der Waals surface area contributed by atoms with Crippen molar-refractivity contribution in [2.75, 3.05) is 165 Å². The van der Waals surface area contributed by atoms with Crippen molar-refractivity contribution in [3.8, 4) is 0 Å². The first-order chi connectivity index (χ1) is 60.4. The van der Waals surface area contributed by atoms with Crippen molar-refractivity contribution in [2.45, 2.75) is 72.4 Å². The average Bonchev–Trinajstić information content (AvgIpc) is 0.814. The van der Waals surface area contributed by atoms with Crippen LogP contribution in [0.1, 0.15) is 129 Å². The molecule has 7 aromatic heterocycles. The Bertz CT molecular complexity index is 5580. The molecular formula is C93H98BrF5N22O4. The van der Waals surface area contributed by atoms with Crippen LogP contribution in [0.3, 0.4) is 0 Å². The lowest BCUT2D eigenvalue weighted by Gasteiger charge is -2.37. The number of nitrogens with one attached hydrogen (secondary N) is 4. The molecule has 4 aliphatic heterocycles. The predicted octanol–water partition coefficient (Wildman–Crippen LogP) is 16.8. The summed E-state index contributed by atoms with van der Waals surface area (Å²) in [6.45, 7) is 26.6. The molecule has 125 heavy (non-hydrogen) atoms. The van der Waals surface area contributed by atoms with Gasteiger partial charge in [-0.2, -0.15) is 13.2 Å². The van der Waals surface area contributed by atoms with E-state index < -0.39 is 40.8 Å². The molecule has 646 valence electrons. The number of pyridine rings is 4. The Labute approximate surface area is 731 Å². The zero-order valence-corrected chi connectivity index (χ0v) is 72.0. The molecule has 5 aromatic carbocycles. The Morgan fingerprint density at radius 2 is 0.672 bits per heavy atom. The SMILES string of the molecule is CC(C)c1ccc(NC(=O)c2cccnc2)c(N2CCN(c3ccccn3)CC2)c1.CC(C)c1ccc(NC(=O)c2cnccc2C(F)(F)F)c(N2CCN(c3cnccn3)CC2)c1.Cc1c(F)cc(C(=O)Nc2ccc(C(C)C)cc2N2CCN(c3cnccn3)CC2)cc1F.O=C(Nc1ccc(Br)cc1N1CCN(c2cnccn2)CC1)c1cccnc1. The number of alkyl halides is 3. The second-order valence-electron chi connectivity index (χ2n) is 31.0. The molecule has 4 saturated heterocycles. The summed E-state index contributed by atoms with van der Waals surface area (Å²) in [5.41, 5.74) is 9.28. The molecule has 4 N–H and O–H groups in total. The Kier molecular flexibility index (Phi) is 29.9. The number of hydrogen-bond acceptors (Lipinski definition) is 22. The number of aromatic nitrogens is 10. The molecule has 0 atom stereocenters. The van der Waals surface area contributed by atoms with Crippen LogP contribution in [0.2, 0.25) is 0 Å². The van der Waals surface area contributed by atoms with E-state index in [4.69, 9.17) is 0 Å². The number of piperazine rings is 4. The molecule has 4 fully saturated rings.